The zero-order valence-corrected chi connectivity index (χ0v) is 16.9. The Morgan fingerprint density at radius 3 is 2.90 bits per heavy atom. The van der Waals surface area contributed by atoms with Gasteiger partial charge in [0.1, 0.15) is 11.2 Å². The molecule has 0 radical (unpaired) electrons. The monoisotopic (exact) mass is 416 g/mol. The summed E-state index contributed by atoms with van der Waals surface area (Å²) in [5, 5.41) is 0.0953. The Bertz CT molecular complexity index is 1080. The summed E-state index contributed by atoms with van der Waals surface area (Å²) in [7, 11) is 0. The molecular formula is C21H25FN4O4. The lowest BCUT2D eigenvalue weighted by atomic mass is 9.91. The number of carbonyl (C=O) groups is 1. The lowest BCUT2D eigenvalue weighted by Crippen LogP contribution is -2.44. The molecule has 8 nitrogen and oxygen atoms in total. The summed E-state index contributed by atoms with van der Waals surface area (Å²) in [6, 6.07) is 0.0581. The highest BCUT2D eigenvalue weighted by atomic mass is 19.1. The number of esters is 1. The van der Waals surface area contributed by atoms with Crippen LogP contribution in [0.1, 0.15) is 42.6 Å². The Morgan fingerprint density at radius 2 is 2.23 bits per heavy atom. The predicted molar refractivity (Wildman–Crippen MR) is 108 cm³/mol. The van der Waals surface area contributed by atoms with E-state index in [1.165, 1.54) is 12.4 Å². The predicted octanol–water partition coefficient (Wildman–Crippen LogP) is 1.60. The number of hydrogen-bond acceptors (Lipinski definition) is 7. The van der Waals surface area contributed by atoms with Crippen LogP contribution in [0.25, 0.3) is 10.9 Å². The number of rotatable bonds is 5. The van der Waals surface area contributed by atoms with Crippen molar-refractivity contribution >= 4 is 22.7 Å². The second-order valence-corrected chi connectivity index (χ2v) is 8.37. The molecule has 1 saturated carbocycles. The van der Waals surface area contributed by atoms with E-state index in [1.807, 2.05) is 4.90 Å². The fraction of sp³-hybridized carbons (Fsp3) is 0.571. The molecule has 4 heterocycles. The molecule has 2 aromatic heterocycles. The van der Waals surface area contributed by atoms with Crippen LogP contribution in [-0.4, -0.2) is 54.0 Å². The molecule has 0 bridgehead atoms. The van der Waals surface area contributed by atoms with E-state index in [1.54, 1.807) is 11.5 Å². The van der Waals surface area contributed by atoms with Crippen molar-refractivity contribution in [3.63, 3.8) is 0 Å². The number of nitrogens with zero attached hydrogens (tertiary/aromatic N) is 3. The number of halogens is 1. The standard InChI is InChI=1S/C21H25FN4O4/c1-2-29-20(28)15-9-26(13-3-4-13)17-14(18(15)27)7-24-19(16(17)22)25-8-12-5-6-30-21(12,10-23)11-25/h7,9,12-13H,2-6,8,10-11,23H2,1H3. The van der Waals surface area contributed by atoms with Crippen LogP contribution in [0, 0.1) is 11.7 Å². The van der Waals surface area contributed by atoms with Crippen LogP contribution in [0.3, 0.4) is 0 Å². The molecule has 3 fully saturated rings. The Hall–Kier alpha value is -2.52. The maximum atomic E-state index is 15.8. The molecule has 9 heteroatoms. The largest absolute Gasteiger partial charge is 0.462 e. The number of aromatic nitrogens is 2. The zero-order chi connectivity index (χ0) is 21.0. The fourth-order valence-corrected chi connectivity index (χ4v) is 4.83. The van der Waals surface area contributed by atoms with Gasteiger partial charge in [0.25, 0.3) is 0 Å². The Labute approximate surface area is 172 Å². The van der Waals surface area contributed by atoms with E-state index in [0.717, 1.165) is 19.3 Å². The molecule has 2 aliphatic heterocycles. The minimum Gasteiger partial charge on any atom is -0.462 e. The van der Waals surface area contributed by atoms with Gasteiger partial charge in [-0.2, -0.15) is 0 Å². The summed E-state index contributed by atoms with van der Waals surface area (Å²) in [6.45, 7) is 3.96. The number of hydrogen-bond donors (Lipinski definition) is 1. The van der Waals surface area contributed by atoms with Gasteiger partial charge >= 0.3 is 5.97 Å². The van der Waals surface area contributed by atoms with Crippen molar-refractivity contribution < 1.29 is 18.7 Å². The van der Waals surface area contributed by atoms with Crippen LogP contribution in [0.15, 0.2) is 17.2 Å². The maximum absolute atomic E-state index is 15.8. The van der Waals surface area contributed by atoms with Crippen molar-refractivity contribution in [1.29, 1.82) is 0 Å². The Morgan fingerprint density at radius 1 is 1.43 bits per heavy atom. The second-order valence-electron chi connectivity index (χ2n) is 8.37. The van der Waals surface area contributed by atoms with Crippen LogP contribution in [0.2, 0.25) is 0 Å². The lowest BCUT2D eigenvalue weighted by Gasteiger charge is -2.26. The summed E-state index contributed by atoms with van der Waals surface area (Å²) in [6.07, 6.45) is 5.44. The third kappa shape index (κ3) is 2.83. The minimum atomic E-state index is -0.697. The highest BCUT2D eigenvalue weighted by Crippen LogP contribution is 2.42. The highest BCUT2D eigenvalue weighted by Gasteiger charge is 2.51. The molecule has 0 aromatic carbocycles. The third-order valence-corrected chi connectivity index (χ3v) is 6.57. The molecule has 5 rings (SSSR count). The molecule has 2 unspecified atom stereocenters. The number of pyridine rings is 2. The highest BCUT2D eigenvalue weighted by molar-refractivity contribution is 5.94. The number of fused-ring (bicyclic) bond motifs is 2. The van der Waals surface area contributed by atoms with E-state index in [0.29, 0.717) is 26.2 Å². The summed E-state index contributed by atoms with van der Waals surface area (Å²) in [5.74, 6) is -0.807. The van der Waals surface area contributed by atoms with Gasteiger partial charge in [-0.15, -0.1) is 0 Å². The summed E-state index contributed by atoms with van der Waals surface area (Å²) in [4.78, 5) is 31.3. The average molecular weight is 416 g/mol. The number of anilines is 1. The molecule has 3 aliphatic rings. The zero-order valence-electron chi connectivity index (χ0n) is 16.9. The minimum absolute atomic E-state index is 0.0581. The van der Waals surface area contributed by atoms with Crippen molar-refractivity contribution in [2.75, 3.05) is 37.7 Å². The molecule has 160 valence electrons. The van der Waals surface area contributed by atoms with Crippen LogP contribution < -0.4 is 16.1 Å². The van der Waals surface area contributed by atoms with Gasteiger partial charge in [0.05, 0.1) is 24.1 Å². The molecule has 0 amide bonds. The topological polar surface area (TPSA) is 99.7 Å². The van der Waals surface area contributed by atoms with Crippen molar-refractivity contribution in [1.82, 2.24) is 9.55 Å². The molecule has 2 N–H and O–H groups in total. The van der Waals surface area contributed by atoms with Crippen LogP contribution >= 0.6 is 0 Å². The van der Waals surface area contributed by atoms with Gasteiger partial charge < -0.3 is 24.7 Å². The fourth-order valence-electron chi connectivity index (χ4n) is 4.83. The number of nitrogens with two attached hydrogens (primary N) is 1. The van der Waals surface area contributed by atoms with Gasteiger partial charge in [0, 0.05) is 44.0 Å². The van der Waals surface area contributed by atoms with Gasteiger partial charge in [-0.1, -0.05) is 0 Å². The molecule has 2 atom stereocenters. The molecule has 1 aliphatic carbocycles. The van der Waals surface area contributed by atoms with E-state index in [9.17, 15) is 9.59 Å². The Kier molecular flexibility index (Phi) is 4.55. The lowest BCUT2D eigenvalue weighted by molar-refractivity contribution is 0.0126. The van der Waals surface area contributed by atoms with Crippen LogP contribution in [0.4, 0.5) is 10.2 Å². The summed E-state index contributed by atoms with van der Waals surface area (Å²) >= 11 is 0. The normalized spacial score (nSPS) is 25.7. The Balaban J connectivity index is 1.63. The van der Waals surface area contributed by atoms with E-state index >= 15 is 4.39 Å². The summed E-state index contributed by atoms with van der Waals surface area (Å²) < 4.78 is 28.4. The third-order valence-electron chi connectivity index (χ3n) is 6.57. The van der Waals surface area contributed by atoms with Crippen LogP contribution in [0.5, 0.6) is 0 Å². The first kappa shape index (κ1) is 19.4. The van der Waals surface area contributed by atoms with Crippen LogP contribution in [-0.2, 0) is 9.47 Å². The summed E-state index contributed by atoms with van der Waals surface area (Å²) in [5.41, 5.74) is 5.07. The van der Waals surface area contributed by atoms with E-state index < -0.39 is 22.8 Å². The molecule has 2 aromatic rings. The number of carbonyl (C=O) groups excluding carboxylic acids is 1. The first-order valence-corrected chi connectivity index (χ1v) is 10.5. The number of ether oxygens (including phenoxy) is 2. The first-order valence-electron chi connectivity index (χ1n) is 10.5. The van der Waals surface area contributed by atoms with Gasteiger partial charge in [-0.3, -0.25) is 4.79 Å². The first-order chi connectivity index (χ1) is 14.5. The smallest absolute Gasteiger partial charge is 0.343 e. The average Bonchev–Trinajstić information content (AvgIpc) is 3.40. The molecular weight excluding hydrogens is 391 g/mol. The maximum Gasteiger partial charge on any atom is 0.343 e. The van der Waals surface area contributed by atoms with Crippen molar-refractivity contribution in [2.45, 2.75) is 37.8 Å². The molecule has 30 heavy (non-hydrogen) atoms. The second kappa shape index (κ2) is 7.02. The molecule has 0 spiro atoms. The molecule has 2 saturated heterocycles. The van der Waals surface area contributed by atoms with Crippen molar-refractivity contribution in [3.05, 3.63) is 34.0 Å². The van der Waals surface area contributed by atoms with Gasteiger partial charge in [0.15, 0.2) is 11.6 Å². The van der Waals surface area contributed by atoms with Crippen molar-refractivity contribution in [3.8, 4) is 0 Å². The van der Waals surface area contributed by atoms with Crippen molar-refractivity contribution in [2.24, 2.45) is 11.7 Å². The van der Waals surface area contributed by atoms with Gasteiger partial charge in [0.2, 0.25) is 5.43 Å². The van der Waals surface area contributed by atoms with E-state index in [4.69, 9.17) is 15.2 Å². The van der Waals surface area contributed by atoms with Gasteiger partial charge in [-0.25, -0.2) is 14.2 Å². The van der Waals surface area contributed by atoms with Gasteiger partial charge in [-0.05, 0) is 26.2 Å². The van der Waals surface area contributed by atoms with E-state index in [2.05, 4.69) is 4.98 Å². The SMILES string of the molecule is CCOC(=O)c1cn(C2CC2)c2c(F)c(N3CC4CCOC4(CN)C3)ncc2c1=O. The van der Waals surface area contributed by atoms with E-state index in [-0.39, 0.29) is 40.9 Å². The quantitative estimate of drug-likeness (QED) is 0.739.